The Hall–Kier alpha value is -1.20. The molecule has 17 heavy (non-hydrogen) atoms. The van der Waals surface area contributed by atoms with Gasteiger partial charge in [-0.05, 0) is 25.0 Å². The van der Waals surface area contributed by atoms with Gasteiger partial charge in [-0.2, -0.15) is 4.98 Å². The SMILES string of the molecule is Brc1cccc(-c2noc([C@@H]3CCCO3)n2)c1. The number of aromatic nitrogens is 2. The van der Waals surface area contributed by atoms with Crippen molar-refractivity contribution in [1.82, 2.24) is 10.1 Å². The van der Waals surface area contributed by atoms with Crippen molar-refractivity contribution in [1.29, 1.82) is 0 Å². The second-order valence-corrected chi connectivity index (χ2v) is 4.88. The molecule has 1 fully saturated rings. The summed E-state index contributed by atoms with van der Waals surface area (Å²) in [6.07, 6.45) is 1.99. The second kappa shape index (κ2) is 4.58. The van der Waals surface area contributed by atoms with Gasteiger partial charge in [-0.25, -0.2) is 0 Å². The van der Waals surface area contributed by atoms with Crippen molar-refractivity contribution in [3.63, 3.8) is 0 Å². The zero-order chi connectivity index (χ0) is 11.7. The summed E-state index contributed by atoms with van der Waals surface area (Å²) >= 11 is 3.42. The van der Waals surface area contributed by atoms with Crippen LogP contribution < -0.4 is 0 Å². The number of halogens is 1. The lowest BCUT2D eigenvalue weighted by Gasteiger charge is -2.00. The van der Waals surface area contributed by atoms with E-state index in [2.05, 4.69) is 26.1 Å². The van der Waals surface area contributed by atoms with E-state index in [4.69, 9.17) is 9.26 Å². The summed E-state index contributed by atoms with van der Waals surface area (Å²) in [5, 5.41) is 3.99. The molecule has 1 aliphatic heterocycles. The molecular weight excluding hydrogens is 284 g/mol. The van der Waals surface area contributed by atoms with Gasteiger partial charge in [0.25, 0.3) is 5.89 Å². The van der Waals surface area contributed by atoms with Gasteiger partial charge >= 0.3 is 0 Å². The van der Waals surface area contributed by atoms with E-state index in [1.54, 1.807) is 0 Å². The topological polar surface area (TPSA) is 48.2 Å². The first-order valence-corrected chi connectivity index (χ1v) is 6.33. The van der Waals surface area contributed by atoms with Gasteiger partial charge < -0.3 is 9.26 Å². The third-order valence-electron chi connectivity index (χ3n) is 2.73. The molecule has 1 saturated heterocycles. The van der Waals surface area contributed by atoms with Gasteiger partial charge in [0.15, 0.2) is 0 Å². The molecule has 2 heterocycles. The van der Waals surface area contributed by atoms with E-state index in [0.29, 0.717) is 11.7 Å². The minimum atomic E-state index is -0.0246. The molecule has 1 aliphatic rings. The van der Waals surface area contributed by atoms with Crippen LogP contribution in [0.1, 0.15) is 24.8 Å². The van der Waals surface area contributed by atoms with Gasteiger partial charge in [-0.15, -0.1) is 0 Å². The molecule has 1 atom stereocenters. The molecule has 4 nitrogen and oxygen atoms in total. The maximum atomic E-state index is 5.51. The van der Waals surface area contributed by atoms with Crippen molar-refractivity contribution in [3.05, 3.63) is 34.6 Å². The third-order valence-corrected chi connectivity index (χ3v) is 3.22. The first-order chi connectivity index (χ1) is 8.33. The summed E-state index contributed by atoms with van der Waals surface area (Å²) in [4.78, 5) is 4.38. The summed E-state index contributed by atoms with van der Waals surface area (Å²) in [5.41, 5.74) is 0.937. The lowest BCUT2D eigenvalue weighted by molar-refractivity contribution is 0.0835. The van der Waals surface area contributed by atoms with Crippen molar-refractivity contribution >= 4 is 15.9 Å². The zero-order valence-corrected chi connectivity index (χ0v) is 10.7. The molecule has 2 aromatic rings. The third kappa shape index (κ3) is 2.25. The van der Waals surface area contributed by atoms with E-state index in [1.165, 1.54) is 0 Å². The molecule has 5 heteroatoms. The van der Waals surface area contributed by atoms with Crippen LogP contribution >= 0.6 is 15.9 Å². The molecule has 0 bridgehead atoms. The molecule has 0 spiro atoms. The number of hydrogen-bond acceptors (Lipinski definition) is 4. The first-order valence-electron chi connectivity index (χ1n) is 5.54. The maximum absolute atomic E-state index is 5.51. The largest absolute Gasteiger partial charge is 0.368 e. The average Bonchev–Trinajstić information content (AvgIpc) is 3.00. The predicted octanol–water partition coefficient (Wildman–Crippen LogP) is 3.35. The molecular formula is C12H11BrN2O2. The summed E-state index contributed by atoms with van der Waals surface area (Å²) < 4.78 is 11.7. The fourth-order valence-electron chi connectivity index (χ4n) is 1.88. The van der Waals surface area contributed by atoms with E-state index >= 15 is 0 Å². The number of rotatable bonds is 2. The fourth-order valence-corrected chi connectivity index (χ4v) is 2.28. The van der Waals surface area contributed by atoms with Gasteiger partial charge in [0.2, 0.25) is 5.82 Å². The van der Waals surface area contributed by atoms with Gasteiger partial charge in [0, 0.05) is 16.6 Å². The van der Waals surface area contributed by atoms with E-state index < -0.39 is 0 Å². The highest BCUT2D eigenvalue weighted by Crippen LogP contribution is 2.29. The molecule has 0 unspecified atom stereocenters. The Morgan fingerprint density at radius 2 is 2.29 bits per heavy atom. The van der Waals surface area contributed by atoms with Crippen molar-refractivity contribution in [2.45, 2.75) is 18.9 Å². The molecule has 3 rings (SSSR count). The van der Waals surface area contributed by atoms with E-state index in [1.807, 2.05) is 24.3 Å². The highest BCUT2D eigenvalue weighted by atomic mass is 79.9. The van der Waals surface area contributed by atoms with Crippen LogP contribution in [-0.2, 0) is 4.74 Å². The Labute approximate surface area is 107 Å². The highest BCUT2D eigenvalue weighted by molar-refractivity contribution is 9.10. The quantitative estimate of drug-likeness (QED) is 0.852. The Bertz CT molecular complexity index is 521. The summed E-state index contributed by atoms with van der Waals surface area (Å²) in [6, 6.07) is 7.82. The monoisotopic (exact) mass is 294 g/mol. The van der Waals surface area contributed by atoms with Crippen molar-refractivity contribution < 1.29 is 9.26 Å². The summed E-state index contributed by atoms with van der Waals surface area (Å²) in [7, 11) is 0. The number of nitrogens with zero attached hydrogens (tertiary/aromatic N) is 2. The maximum Gasteiger partial charge on any atom is 0.256 e. The number of ether oxygens (including phenoxy) is 1. The predicted molar refractivity (Wildman–Crippen MR) is 65.4 cm³/mol. The van der Waals surface area contributed by atoms with E-state index in [9.17, 15) is 0 Å². The Balaban J connectivity index is 1.89. The first kappa shape index (κ1) is 10.9. The van der Waals surface area contributed by atoms with Crippen LogP contribution in [0.15, 0.2) is 33.3 Å². The molecule has 0 aliphatic carbocycles. The Morgan fingerprint density at radius 1 is 1.35 bits per heavy atom. The molecule has 0 radical (unpaired) electrons. The summed E-state index contributed by atoms with van der Waals surface area (Å²) in [6.45, 7) is 0.777. The minimum absolute atomic E-state index is 0.0246. The second-order valence-electron chi connectivity index (χ2n) is 3.97. The van der Waals surface area contributed by atoms with Gasteiger partial charge in [0.1, 0.15) is 6.10 Å². The van der Waals surface area contributed by atoms with Crippen LogP contribution in [-0.4, -0.2) is 16.7 Å². The van der Waals surface area contributed by atoms with Crippen molar-refractivity contribution in [2.24, 2.45) is 0 Å². The lowest BCUT2D eigenvalue weighted by Crippen LogP contribution is -1.95. The van der Waals surface area contributed by atoms with Gasteiger partial charge in [-0.1, -0.05) is 33.2 Å². The molecule has 0 saturated carbocycles. The van der Waals surface area contributed by atoms with Crippen molar-refractivity contribution in [3.8, 4) is 11.4 Å². The molecule has 88 valence electrons. The van der Waals surface area contributed by atoms with E-state index in [-0.39, 0.29) is 6.10 Å². The van der Waals surface area contributed by atoms with E-state index in [0.717, 1.165) is 29.5 Å². The van der Waals surface area contributed by atoms with Gasteiger partial charge in [-0.3, -0.25) is 0 Å². The Kier molecular flexibility index (Phi) is 2.94. The van der Waals surface area contributed by atoms with Crippen LogP contribution in [0.4, 0.5) is 0 Å². The van der Waals surface area contributed by atoms with Crippen molar-refractivity contribution in [2.75, 3.05) is 6.61 Å². The average molecular weight is 295 g/mol. The standard InChI is InChI=1S/C12H11BrN2O2/c13-9-4-1-3-8(7-9)11-14-12(17-15-11)10-5-2-6-16-10/h1,3-4,7,10H,2,5-6H2/t10-/m0/s1. The Morgan fingerprint density at radius 3 is 3.06 bits per heavy atom. The summed E-state index contributed by atoms with van der Waals surface area (Å²) in [5.74, 6) is 1.19. The van der Waals surface area contributed by atoms with Crippen LogP contribution in [0.2, 0.25) is 0 Å². The van der Waals surface area contributed by atoms with Crippen LogP contribution in [0.3, 0.4) is 0 Å². The molecule has 0 N–H and O–H groups in total. The highest BCUT2D eigenvalue weighted by Gasteiger charge is 2.24. The smallest absolute Gasteiger partial charge is 0.256 e. The zero-order valence-electron chi connectivity index (χ0n) is 9.10. The van der Waals surface area contributed by atoms with Crippen LogP contribution in [0, 0.1) is 0 Å². The lowest BCUT2D eigenvalue weighted by atomic mass is 10.2. The van der Waals surface area contributed by atoms with Crippen LogP contribution in [0.5, 0.6) is 0 Å². The molecule has 1 aromatic heterocycles. The van der Waals surface area contributed by atoms with Gasteiger partial charge in [0.05, 0.1) is 0 Å². The fraction of sp³-hybridized carbons (Fsp3) is 0.333. The number of hydrogen-bond donors (Lipinski definition) is 0. The molecule has 1 aromatic carbocycles. The van der Waals surface area contributed by atoms with Crippen LogP contribution in [0.25, 0.3) is 11.4 Å². The number of benzene rings is 1. The molecule has 0 amide bonds. The minimum Gasteiger partial charge on any atom is -0.368 e. The normalized spacial score (nSPS) is 19.7.